The van der Waals surface area contributed by atoms with Crippen LogP contribution in [0.1, 0.15) is 71.4 Å². The minimum atomic E-state index is -0.103. The number of carbonyl (C=O) groups excluding carboxylic acids is 2. The van der Waals surface area contributed by atoms with E-state index in [1.807, 2.05) is 60.7 Å². The first-order chi connectivity index (χ1) is 24.3. The molecule has 4 aromatic carbocycles. The molecule has 0 unspecified atom stereocenters. The van der Waals surface area contributed by atoms with Crippen LogP contribution in [0, 0.1) is 0 Å². The highest BCUT2D eigenvalue weighted by molar-refractivity contribution is 6.09. The Bertz CT molecular complexity index is 1550. The van der Waals surface area contributed by atoms with Crippen molar-refractivity contribution in [3.8, 4) is 34.5 Å². The summed E-state index contributed by atoms with van der Waals surface area (Å²) in [6.45, 7) is 5.42. The molecule has 0 saturated heterocycles. The van der Waals surface area contributed by atoms with Crippen molar-refractivity contribution in [2.75, 3.05) is 41.7 Å². The lowest BCUT2D eigenvalue weighted by Gasteiger charge is -2.09. The molecule has 50 heavy (non-hydrogen) atoms. The quantitative estimate of drug-likeness (QED) is 0.0583. The fourth-order valence-electron chi connectivity index (χ4n) is 4.62. The molecule has 0 atom stereocenters. The van der Waals surface area contributed by atoms with Crippen LogP contribution in [0.3, 0.4) is 0 Å². The number of methoxy groups -OCH3 is 4. The molecule has 0 radical (unpaired) electrons. The Morgan fingerprint density at radius 2 is 0.860 bits per heavy atom. The zero-order valence-corrected chi connectivity index (χ0v) is 29.9. The van der Waals surface area contributed by atoms with Gasteiger partial charge in [-0.2, -0.15) is 0 Å². The monoisotopic (exact) mass is 680 g/mol. The molecule has 8 heteroatoms. The number of ketones is 2. The van der Waals surface area contributed by atoms with E-state index in [9.17, 15) is 9.59 Å². The largest absolute Gasteiger partial charge is 0.497 e. The lowest BCUT2D eigenvalue weighted by molar-refractivity contribution is 0.103. The van der Waals surface area contributed by atoms with Crippen molar-refractivity contribution in [3.05, 3.63) is 119 Å². The molecule has 0 heterocycles. The summed E-state index contributed by atoms with van der Waals surface area (Å²) in [5, 5.41) is 0. The highest BCUT2D eigenvalue weighted by Gasteiger charge is 2.11. The highest BCUT2D eigenvalue weighted by atomic mass is 16.5. The third-order valence-corrected chi connectivity index (χ3v) is 7.42. The first kappa shape index (κ1) is 38.9. The molecule has 4 aromatic rings. The van der Waals surface area contributed by atoms with Crippen molar-refractivity contribution in [1.82, 2.24) is 0 Å². The maximum absolute atomic E-state index is 12.6. The number of hydrogen-bond donors (Lipinski definition) is 0. The van der Waals surface area contributed by atoms with Crippen molar-refractivity contribution in [2.24, 2.45) is 0 Å². The number of ether oxygens (including phenoxy) is 6. The molecule has 0 saturated carbocycles. The number of allylic oxidation sites excluding steroid dienone is 2. The van der Waals surface area contributed by atoms with Gasteiger partial charge in [0.2, 0.25) is 0 Å². The Morgan fingerprint density at radius 1 is 0.520 bits per heavy atom. The minimum Gasteiger partial charge on any atom is -0.497 e. The van der Waals surface area contributed by atoms with E-state index in [4.69, 9.17) is 28.4 Å². The normalized spacial score (nSPS) is 10.7. The highest BCUT2D eigenvalue weighted by Crippen LogP contribution is 2.26. The van der Waals surface area contributed by atoms with Crippen LogP contribution in [-0.4, -0.2) is 53.2 Å². The number of rotatable bonds is 18. The van der Waals surface area contributed by atoms with Crippen LogP contribution in [0.2, 0.25) is 0 Å². The molecule has 0 aliphatic carbocycles. The van der Waals surface area contributed by atoms with Crippen LogP contribution in [-0.2, 0) is 0 Å². The number of unbranched alkanes of at least 4 members (excludes halogenated alkanes) is 2. The van der Waals surface area contributed by atoms with Gasteiger partial charge >= 0.3 is 0 Å². The van der Waals surface area contributed by atoms with Gasteiger partial charge < -0.3 is 28.4 Å². The number of benzene rings is 4. The van der Waals surface area contributed by atoms with Gasteiger partial charge in [-0.3, -0.25) is 9.59 Å². The van der Waals surface area contributed by atoms with Crippen LogP contribution in [0.25, 0.3) is 12.2 Å². The summed E-state index contributed by atoms with van der Waals surface area (Å²) in [4.78, 5) is 25.1. The minimum absolute atomic E-state index is 0.103. The Balaban J connectivity index is 0.000000270. The summed E-state index contributed by atoms with van der Waals surface area (Å²) < 4.78 is 32.4. The second-order valence-electron chi connectivity index (χ2n) is 11.1. The summed E-state index contributed by atoms with van der Waals surface area (Å²) in [5.41, 5.74) is 2.78. The fraction of sp³-hybridized carbons (Fsp3) is 0.286. The van der Waals surface area contributed by atoms with E-state index in [1.54, 1.807) is 64.9 Å². The summed E-state index contributed by atoms with van der Waals surface area (Å²) >= 11 is 0. The molecule has 8 nitrogen and oxygen atoms in total. The molecular formula is C42H48O8. The Labute approximate surface area is 296 Å². The first-order valence-corrected chi connectivity index (χ1v) is 16.7. The van der Waals surface area contributed by atoms with Crippen molar-refractivity contribution in [3.63, 3.8) is 0 Å². The van der Waals surface area contributed by atoms with Crippen LogP contribution in [0.5, 0.6) is 34.5 Å². The third-order valence-electron chi connectivity index (χ3n) is 7.42. The smallest absolute Gasteiger partial charge is 0.189 e. The molecule has 0 aliphatic heterocycles. The second kappa shape index (κ2) is 21.5. The van der Waals surface area contributed by atoms with E-state index in [-0.39, 0.29) is 11.6 Å². The zero-order valence-electron chi connectivity index (χ0n) is 29.9. The molecule has 0 amide bonds. The van der Waals surface area contributed by atoms with Crippen molar-refractivity contribution in [1.29, 1.82) is 0 Å². The van der Waals surface area contributed by atoms with Gasteiger partial charge in [0.1, 0.15) is 34.5 Å². The van der Waals surface area contributed by atoms with E-state index in [2.05, 4.69) is 13.8 Å². The van der Waals surface area contributed by atoms with Crippen LogP contribution >= 0.6 is 0 Å². The molecule has 0 aliphatic rings. The molecule has 0 spiro atoms. The van der Waals surface area contributed by atoms with Crippen LogP contribution in [0.4, 0.5) is 0 Å². The van der Waals surface area contributed by atoms with Gasteiger partial charge in [-0.15, -0.1) is 0 Å². The van der Waals surface area contributed by atoms with Crippen molar-refractivity contribution in [2.45, 2.75) is 39.5 Å². The molecule has 0 aromatic heterocycles. The maximum Gasteiger partial charge on any atom is 0.189 e. The summed E-state index contributed by atoms with van der Waals surface area (Å²) in [6.07, 6.45) is 10.6. The van der Waals surface area contributed by atoms with Crippen molar-refractivity contribution < 1.29 is 38.0 Å². The van der Waals surface area contributed by atoms with Crippen LogP contribution in [0.15, 0.2) is 97.1 Å². The number of carbonyl (C=O) groups is 2. The summed E-state index contributed by atoms with van der Waals surface area (Å²) in [5.74, 6) is 3.74. The van der Waals surface area contributed by atoms with Gasteiger partial charge in [0.05, 0.1) is 52.8 Å². The van der Waals surface area contributed by atoms with Gasteiger partial charge in [-0.05, 0) is 84.7 Å². The lowest BCUT2D eigenvalue weighted by Crippen LogP contribution is -2.03. The van der Waals surface area contributed by atoms with Gasteiger partial charge in [-0.25, -0.2) is 0 Å². The topological polar surface area (TPSA) is 89.5 Å². The van der Waals surface area contributed by atoms with E-state index in [0.29, 0.717) is 58.8 Å². The fourth-order valence-corrected chi connectivity index (χ4v) is 4.62. The molecule has 0 fully saturated rings. The van der Waals surface area contributed by atoms with Crippen molar-refractivity contribution >= 4 is 23.7 Å². The molecule has 4 rings (SSSR count). The van der Waals surface area contributed by atoms with E-state index in [1.165, 1.54) is 12.2 Å². The summed E-state index contributed by atoms with van der Waals surface area (Å²) in [6, 6.07) is 25.6. The standard InChI is InChI=1S/2C21H24O4/c2*1-4-5-12-25-21-9-7-6-8-19(21)20(22)11-10-16-13-17(23-2)15-18(14-16)24-3/h2*6-11,13-15H,4-5,12H2,1-3H3/b2*11-10+. The molecule has 264 valence electrons. The van der Waals surface area contributed by atoms with Gasteiger partial charge in [0, 0.05) is 12.1 Å². The Kier molecular flexibility index (Phi) is 16.7. The SMILES string of the molecule is CCCCOc1ccccc1C(=O)/C=C/c1cc(OC)cc(OC)c1.CCCCOc1ccccc1C(=O)/C=C/c1cc(OC)cc(OC)c1. The molecular weight excluding hydrogens is 632 g/mol. The van der Waals surface area contributed by atoms with Gasteiger partial charge in [-0.1, -0.05) is 63.1 Å². The average Bonchev–Trinajstić information content (AvgIpc) is 3.16. The van der Waals surface area contributed by atoms with E-state index >= 15 is 0 Å². The molecule has 0 N–H and O–H groups in total. The number of hydrogen-bond acceptors (Lipinski definition) is 8. The Morgan fingerprint density at radius 3 is 1.18 bits per heavy atom. The average molecular weight is 681 g/mol. The Hall–Kier alpha value is -5.50. The first-order valence-electron chi connectivity index (χ1n) is 16.7. The predicted octanol–water partition coefficient (Wildman–Crippen LogP) is 9.56. The van der Waals surface area contributed by atoms with Crippen LogP contribution < -0.4 is 28.4 Å². The van der Waals surface area contributed by atoms with Gasteiger partial charge in [0.15, 0.2) is 11.6 Å². The predicted molar refractivity (Wildman–Crippen MR) is 200 cm³/mol. The van der Waals surface area contributed by atoms with E-state index in [0.717, 1.165) is 36.8 Å². The molecule has 0 bridgehead atoms. The summed E-state index contributed by atoms with van der Waals surface area (Å²) in [7, 11) is 6.38. The zero-order chi connectivity index (χ0) is 36.1. The lowest BCUT2D eigenvalue weighted by atomic mass is 10.1. The maximum atomic E-state index is 12.6. The number of para-hydroxylation sites is 2. The van der Waals surface area contributed by atoms with Gasteiger partial charge in [0.25, 0.3) is 0 Å². The third kappa shape index (κ3) is 12.5. The van der Waals surface area contributed by atoms with E-state index < -0.39 is 0 Å². The second-order valence-corrected chi connectivity index (χ2v) is 11.1.